The van der Waals surface area contributed by atoms with Gasteiger partial charge in [-0.25, -0.2) is 4.68 Å². The number of ether oxygens (including phenoxy) is 1. The van der Waals surface area contributed by atoms with E-state index in [4.69, 9.17) is 4.74 Å². The van der Waals surface area contributed by atoms with E-state index in [0.29, 0.717) is 0 Å². The van der Waals surface area contributed by atoms with Gasteiger partial charge in [0.25, 0.3) is 0 Å². The molecule has 3 rings (SSSR count). The van der Waals surface area contributed by atoms with Crippen molar-refractivity contribution in [3.8, 4) is 5.69 Å². The highest BCUT2D eigenvalue weighted by molar-refractivity contribution is 5.30. The van der Waals surface area contributed by atoms with Crippen LogP contribution in [0.4, 0.5) is 0 Å². The van der Waals surface area contributed by atoms with Crippen molar-refractivity contribution in [2.24, 2.45) is 0 Å². The van der Waals surface area contributed by atoms with Gasteiger partial charge in [0.2, 0.25) is 0 Å². The summed E-state index contributed by atoms with van der Waals surface area (Å²) in [5, 5.41) is 7.84. The maximum Gasteiger partial charge on any atom is 0.0826 e. The third-order valence-electron chi connectivity index (χ3n) is 3.71. The van der Waals surface area contributed by atoms with Gasteiger partial charge >= 0.3 is 0 Å². The van der Waals surface area contributed by atoms with Gasteiger partial charge in [-0.15, -0.1) is 0 Å². The molecule has 5 heteroatoms. The number of rotatable bonds is 5. The lowest BCUT2D eigenvalue weighted by atomic mass is 10.2. The first-order chi connectivity index (χ1) is 10.3. The zero-order valence-corrected chi connectivity index (χ0v) is 12.4. The SMILES string of the molecule is CNCC1CN(Cc2ccn(-c3ccccc3)n2)CCO1. The highest BCUT2D eigenvalue weighted by Crippen LogP contribution is 2.11. The van der Waals surface area contributed by atoms with Gasteiger partial charge < -0.3 is 10.1 Å². The van der Waals surface area contributed by atoms with E-state index in [2.05, 4.69) is 33.5 Å². The van der Waals surface area contributed by atoms with Gasteiger partial charge in [0.05, 0.1) is 24.1 Å². The minimum atomic E-state index is 0.278. The molecule has 1 aromatic heterocycles. The first kappa shape index (κ1) is 14.3. The number of morpholine rings is 1. The fourth-order valence-corrected chi connectivity index (χ4v) is 2.67. The summed E-state index contributed by atoms with van der Waals surface area (Å²) in [6.07, 6.45) is 2.30. The maximum absolute atomic E-state index is 5.73. The summed E-state index contributed by atoms with van der Waals surface area (Å²) < 4.78 is 7.66. The molecule has 1 aliphatic rings. The third kappa shape index (κ3) is 3.69. The van der Waals surface area contributed by atoms with Gasteiger partial charge in [-0.1, -0.05) is 18.2 Å². The Balaban J connectivity index is 1.62. The molecule has 1 saturated heterocycles. The Labute approximate surface area is 125 Å². The number of benzene rings is 1. The van der Waals surface area contributed by atoms with Crippen molar-refractivity contribution in [2.45, 2.75) is 12.6 Å². The van der Waals surface area contributed by atoms with E-state index < -0.39 is 0 Å². The standard InChI is InChI=1S/C16H22N4O/c1-17-11-16-13-19(9-10-21-16)12-14-7-8-20(18-14)15-5-3-2-4-6-15/h2-8,16-17H,9-13H2,1H3. The Bertz CT molecular complexity index is 552. The molecule has 1 atom stereocenters. The normalized spacial score (nSPS) is 19.8. The number of hydrogen-bond donors (Lipinski definition) is 1. The molecule has 1 unspecified atom stereocenters. The second-order valence-corrected chi connectivity index (χ2v) is 5.37. The van der Waals surface area contributed by atoms with E-state index >= 15 is 0 Å². The van der Waals surface area contributed by atoms with Crippen LogP contribution in [0.2, 0.25) is 0 Å². The van der Waals surface area contributed by atoms with Crippen molar-refractivity contribution in [1.82, 2.24) is 20.0 Å². The Kier molecular flexibility index (Phi) is 4.65. The minimum Gasteiger partial charge on any atom is -0.374 e. The van der Waals surface area contributed by atoms with Crippen molar-refractivity contribution < 1.29 is 4.74 Å². The monoisotopic (exact) mass is 286 g/mol. The van der Waals surface area contributed by atoms with Crippen molar-refractivity contribution in [3.05, 3.63) is 48.3 Å². The van der Waals surface area contributed by atoms with Crippen molar-refractivity contribution in [1.29, 1.82) is 0 Å². The largest absolute Gasteiger partial charge is 0.374 e. The van der Waals surface area contributed by atoms with Crippen molar-refractivity contribution in [2.75, 3.05) is 33.3 Å². The fourth-order valence-electron chi connectivity index (χ4n) is 2.67. The van der Waals surface area contributed by atoms with E-state index in [1.54, 1.807) is 0 Å². The van der Waals surface area contributed by atoms with E-state index in [-0.39, 0.29) is 6.10 Å². The molecule has 5 nitrogen and oxygen atoms in total. The second-order valence-electron chi connectivity index (χ2n) is 5.37. The molecule has 112 valence electrons. The lowest BCUT2D eigenvalue weighted by molar-refractivity contribution is -0.0295. The summed E-state index contributed by atoms with van der Waals surface area (Å²) in [4.78, 5) is 2.41. The van der Waals surface area contributed by atoms with Crippen molar-refractivity contribution >= 4 is 0 Å². The summed E-state index contributed by atoms with van der Waals surface area (Å²) in [6, 6.07) is 12.3. The molecule has 1 aromatic carbocycles. The van der Waals surface area contributed by atoms with Crippen LogP contribution in [-0.4, -0.2) is 54.1 Å². The summed E-state index contributed by atoms with van der Waals surface area (Å²) in [5.41, 5.74) is 2.20. The van der Waals surface area contributed by atoms with Crippen LogP contribution in [0.1, 0.15) is 5.69 Å². The molecule has 0 amide bonds. The van der Waals surface area contributed by atoms with Gasteiger partial charge in [0.15, 0.2) is 0 Å². The molecule has 0 aliphatic carbocycles. The summed E-state index contributed by atoms with van der Waals surface area (Å²) in [7, 11) is 1.96. The zero-order chi connectivity index (χ0) is 14.5. The molecular weight excluding hydrogens is 264 g/mol. The molecule has 1 fully saturated rings. The predicted molar refractivity (Wildman–Crippen MR) is 82.5 cm³/mol. The van der Waals surface area contributed by atoms with E-state index in [1.165, 1.54) is 0 Å². The third-order valence-corrected chi connectivity index (χ3v) is 3.71. The molecule has 0 radical (unpaired) electrons. The van der Waals surface area contributed by atoms with E-state index in [0.717, 1.165) is 44.2 Å². The van der Waals surface area contributed by atoms with Crippen LogP contribution in [0.5, 0.6) is 0 Å². The Morgan fingerprint density at radius 2 is 2.14 bits per heavy atom. The van der Waals surface area contributed by atoms with Crippen LogP contribution in [0.25, 0.3) is 5.69 Å². The fraction of sp³-hybridized carbons (Fsp3) is 0.438. The first-order valence-corrected chi connectivity index (χ1v) is 7.43. The average molecular weight is 286 g/mol. The number of para-hydroxylation sites is 1. The Morgan fingerprint density at radius 3 is 2.95 bits per heavy atom. The summed E-state index contributed by atoms with van der Waals surface area (Å²) in [6.45, 7) is 4.50. The van der Waals surface area contributed by atoms with Gasteiger partial charge in [0.1, 0.15) is 0 Å². The molecule has 0 spiro atoms. The van der Waals surface area contributed by atoms with Crippen LogP contribution in [0.3, 0.4) is 0 Å². The molecule has 2 aromatic rings. The van der Waals surface area contributed by atoms with Crippen LogP contribution >= 0.6 is 0 Å². The number of likely N-dealkylation sites (N-methyl/N-ethyl adjacent to an activating group) is 1. The molecule has 0 saturated carbocycles. The quantitative estimate of drug-likeness (QED) is 0.899. The van der Waals surface area contributed by atoms with Crippen LogP contribution in [0, 0.1) is 0 Å². The van der Waals surface area contributed by atoms with Crippen LogP contribution < -0.4 is 5.32 Å². The minimum absolute atomic E-state index is 0.278. The summed E-state index contributed by atoms with van der Waals surface area (Å²) >= 11 is 0. The smallest absolute Gasteiger partial charge is 0.0826 e. The topological polar surface area (TPSA) is 42.3 Å². The van der Waals surface area contributed by atoms with Gasteiger partial charge in [-0.2, -0.15) is 5.10 Å². The molecule has 1 N–H and O–H groups in total. The summed E-state index contributed by atoms with van der Waals surface area (Å²) in [5.74, 6) is 0. The Morgan fingerprint density at radius 1 is 1.29 bits per heavy atom. The van der Waals surface area contributed by atoms with Crippen LogP contribution in [-0.2, 0) is 11.3 Å². The average Bonchev–Trinajstić information content (AvgIpc) is 2.97. The van der Waals surface area contributed by atoms with E-state index in [1.807, 2.05) is 36.1 Å². The lowest BCUT2D eigenvalue weighted by Crippen LogP contribution is -2.45. The highest BCUT2D eigenvalue weighted by Gasteiger charge is 2.20. The highest BCUT2D eigenvalue weighted by atomic mass is 16.5. The van der Waals surface area contributed by atoms with Gasteiger partial charge in [-0.05, 0) is 25.2 Å². The second kappa shape index (κ2) is 6.85. The predicted octanol–water partition coefficient (Wildman–Crippen LogP) is 1.29. The number of aromatic nitrogens is 2. The van der Waals surface area contributed by atoms with Crippen molar-refractivity contribution in [3.63, 3.8) is 0 Å². The first-order valence-electron chi connectivity index (χ1n) is 7.43. The number of nitrogens with zero attached hydrogens (tertiary/aromatic N) is 3. The molecule has 21 heavy (non-hydrogen) atoms. The Hall–Kier alpha value is -1.69. The molecular formula is C16H22N4O. The van der Waals surface area contributed by atoms with Gasteiger partial charge in [-0.3, -0.25) is 4.90 Å². The number of hydrogen-bond acceptors (Lipinski definition) is 4. The van der Waals surface area contributed by atoms with E-state index in [9.17, 15) is 0 Å². The lowest BCUT2D eigenvalue weighted by Gasteiger charge is -2.32. The molecule has 2 heterocycles. The maximum atomic E-state index is 5.73. The molecule has 0 bridgehead atoms. The molecule has 1 aliphatic heterocycles. The van der Waals surface area contributed by atoms with Gasteiger partial charge in [0, 0.05) is 32.4 Å². The van der Waals surface area contributed by atoms with Crippen LogP contribution in [0.15, 0.2) is 42.6 Å². The number of nitrogens with one attached hydrogen (secondary N) is 1. The zero-order valence-electron chi connectivity index (χ0n) is 12.4.